The van der Waals surface area contributed by atoms with Gasteiger partial charge in [-0.3, -0.25) is 4.99 Å². The molecule has 0 amide bonds. The Morgan fingerprint density at radius 1 is 1.43 bits per heavy atom. The summed E-state index contributed by atoms with van der Waals surface area (Å²) in [5.74, 6) is 1.05. The van der Waals surface area contributed by atoms with E-state index in [-0.39, 0.29) is 0 Å². The Kier molecular flexibility index (Phi) is 3.28. The van der Waals surface area contributed by atoms with Gasteiger partial charge in [-0.05, 0) is 47.2 Å². The highest BCUT2D eigenvalue weighted by atomic mass is 127. The van der Waals surface area contributed by atoms with Crippen LogP contribution < -0.4 is 5.32 Å². The average Bonchev–Trinajstić information content (AvgIpc) is 2.64. The molecule has 0 aliphatic carbocycles. The van der Waals surface area contributed by atoms with Gasteiger partial charge in [0.2, 0.25) is 0 Å². The zero-order valence-electron chi connectivity index (χ0n) is 7.56. The van der Waals surface area contributed by atoms with Gasteiger partial charge in [0.25, 0.3) is 0 Å². The standard InChI is InChI=1S/C10H10ClIN2/c11-8-4-3-7(12)6-9(8)14-10-2-1-5-13-10/h3-4,6H,1-2,5H2,(H,13,14). The molecule has 14 heavy (non-hydrogen) atoms. The van der Waals surface area contributed by atoms with E-state index in [1.807, 2.05) is 18.2 Å². The van der Waals surface area contributed by atoms with Crippen LogP contribution >= 0.6 is 34.2 Å². The van der Waals surface area contributed by atoms with Gasteiger partial charge in [-0.25, -0.2) is 0 Å². The van der Waals surface area contributed by atoms with Gasteiger partial charge in [0, 0.05) is 16.5 Å². The molecule has 2 nitrogen and oxygen atoms in total. The van der Waals surface area contributed by atoms with E-state index >= 15 is 0 Å². The molecule has 2 rings (SSSR count). The predicted octanol–water partition coefficient (Wildman–Crippen LogP) is 3.55. The van der Waals surface area contributed by atoms with Crippen LogP contribution in [0.15, 0.2) is 23.2 Å². The van der Waals surface area contributed by atoms with E-state index in [0.717, 1.165) is 35.9 Å². The fourth-order valence-electron chi connectivity index (χ4n) is 1.39. The molecule has 1 heterocycles. The Morgan fingerprint density at radius 2 is 2.29 bits per heavy atom. The summed E-state index contributed by atoms with van der Waals surface area (Å²) in [5.41, 5.74) is 0.958. The molecule has 0 saturated heterocycles. The molecule has 0 bridgehead atoms. The Hall–Kier alpha value is -0.290. The van der Waals surface area contributed by atoms with Crippen molar-refractivity contribution in [1.29, 1.82) is 0 Å². The summed E-state index contributed by atoms with van der Waals surface area (Å²) in [7, 11) is 0. The smallest absolute Gasteiger partial charge is 0.101 e. The maximum Gasteiger partial charge on any atom is 0.101 e. The minimum Gasteiger partial charge on any atom is -0.343 e. The van der Waals surface area contributed by atoms with Gasteiger partial charge >= 0.3 is 0 Å². The number of benzene rings is 1. The highest BCUT2D eigenvalue weighted by Gasteiger charge is 2.08. The van der Waals surface area contributed by atoms with Crippen molar-refractivity contribution in [1.82, 2.24) is 0 Å². The highest BCUT2D eigenvalue weighted by Crippen LogP contribution is 2.24. The second kappa shape index (κ2) is 4.49. The third-order valence-electron chi connectivity index (χ3n) is 2.08. The first-order valence-electron chi connectivity index (χ1n) is 4.51. The van der Waals surface area contributed by atoms with Gasteiger partial charge < -0.3 is 5.32 Å². The van der Waals surface area contributed by atoms with E-state index < -0.39 is 0 Å². The Balaban J connectivity index is 2.19. The van der Waals surface area contributed by atoms with Gasteiger partial charge in [0.05, 0.1) is 10.7 Å². The summed E-state index contributed by atoms with van der Waals surface area (Å²) in [6.45, 7) is 0.934. The lowest BCUT2D eigenvalue weighted by atomic mass is 10.3. The molecule has 1 aromatic rings. The molecule has 0 radical (unpaired) electrons. The third kappa shape index (κ3) is 2.39. The van der Waals surface area contributed by atoms with Crippen LogP contribution in [0.3, 0.4) is 0 Å². The molecule has 0 unspecified atom stereocenters. The monoisotopic (exact) mass is 320 g/mol. The van der Waals surface area contributed by atoms with Gasteiger partial charge in [0.15, 0.2) is 0 Å². The number of halogens is 2. The SMILES string of the molecule is Clc1ccc(I)cc1NC1=NCCC1. The fourth-order valence-corrected chi connectivity index (χ4v) is 2.05. The van der Waals surface area contributed by atoms with Crippen LogP contribution in [0.25, 0.3) is 0 Å². The molecular weight excluding hydrogens is 310 g/mol. The Labute approximate surface area is 102 Å². The predicted molar refractivity (Wildman–Crippen MR) is 69.3 cm³/mol. The van der Waals surface area contributed by atoms with Crippen LogP contribution in [0.1, 0.15) is 12.8 Å². The van der Waals surface area contributed by atoms with E-state index in [2.05, 4.69) is 32.9 Å². The third-order valence-corrected chi connectivity index (χ3v) is 3.08. The van der Waals surface area contributed by atoms with Gasteiger partial charge in [-0.15, -0.1) is 0 Å². The lowest BCUT2D eigenvalue weighted by Crippen LogP contribution is -2.08. The normalized spacial score (nSPS) is 15.4. The summed E-state index contributed by atoms with van der Waals surface area (Å²) in [5, 5.41) is 4.01. The van der Waals surface area contributed by atoms with Crippen molar-refractivity contribution in [2.24, 2.45) is 4.99 Å². The summed E-state index contributed by atoms with van der Waals surface area (Å²) < 4.78 is 1.17. The summed E-state index contributed by atoms with van der Waals surface area (Å²) in [6, 6.07) is 5.93. The van der Waals surface area contributed by atoms with Crippen molar-refractivity contribution in [3.05, 3.63) is 26.8 Å². The average molecular weight is 321 g/mol. The maximum absolute atomic E-state index is 6.05. The minimum atomic E-state index is 0.750. The number of nitrogens with zero attached hydrogens (tertiary/aromatic N) is 1. The molecule has 74 valence electrons. The number of aliphatic imine (C=N–C) groups is 1. The first kappa shape index (κ1) is 10.2. The fraction of sp³-hybridized carbons (Fsp3) is 0.300. The molecule has 0 spiro atoms. The molecule has 4 heteroatoms. The van der Waals surface area contributed by atoms with Crippen LogP contribution in [0, 0.1) is 3.57 Å². The van der Waals surface area contributed by atoms with Crippen molar-refractivity contribution in [3.8, 4) is 0 Å². The van der Waals surface area contributed by atoms with Gasteiger partial charge in [-0.2, -0.15) is 0 Å². The van der Waals surface area contributed by atoms with Gasteiger partial charge in [0.1, 0.15) is 5.84 Å². The van der Waals surface area contributed by atoms with Crippen molar-refractivity contribution < 1.29 is 0 Å². The van der Waals surface area contributed by atoms with Crippen molar-refractivity contribution in [3.63, 3.8) is 0 Å². The zero-order chi connectivity index (χ0) is 9.97. The molecule has 1 aromatic carbocycles. The van der Waals surface area contributed by atoms with Gasteiger partial charge in [-0.1, -0.05) is 11.6 Å². The molecule has 1 N–H and O–H groups in total. The summed E-state index contributed by atoms with van der Waals surface area (Å²) in [4.78, 5) is 4.35. The first-order chi connectivity index (χ1) is 6.75. The number of amidine groups is 1. The Morgan fingerprint density at radius 3 is 3.00 bits per heavy atom. The second-order valence-corrected chi connectivity index (χ2v) is 4.83. The molecule has 0 saturated carbocycles. The molecular formula is C10H10ClIN2. The zero-order valence-corrected chi connectivity index (χ0v) is 10.5. The number of hydrogen-bond acceptors (Lipinski definition) is 2. The van der Waals surface area contributed by atoms with Crippen molar-refractivity contribution in [2.45, 2.75) is 12.8 Å². The quantitative estimate of drug-likeness (QED) is 0.786. The van der Waals surface area contributed by atoms with E-state index in [4.69, 9.17) is 11.6 Å². The number of rotatable bonds is 1. The van der Waals surface area contributed by atoms with Crippen molar-refractivity contribution >= 4 is 45.7 Å². The molecule has 1 aliphatic heterocycles. The van der Waals surface area contributed by atoms with Crippen LogP contribution in [0.2, 0.25) is 5.02 Å². The first-order valence-corrected chi connectivity index (χ1v) is 5.97. The van der Waals surface area contributed by atoms with Crippen LogP contribution in [-0.2, 0) is 0 Å². The van der Waals surface area contributed by atoms with Crippen molar-refractivity contribution in [2.75, 3.05) is 11.9 Å². The van der Waals surface area contributed by atoms with Crippen LogP contribution in [0.5, 0.6) is 0 Å². The highest BCUT2D eigenvalue weighted by molar-refractivity contribution is 14.1. The topological polar surface area (TPSA) is 24.4 Å². The lowest BCUT2D eigenvalue weighted by molar-refractivity contribution is 0.951. The maximum atomic E-state index is 6.05. The number of hydrogen-bond donors (Lipinski definition) is 1. The largest absolute Gasteiger partial charge is 0.343 e. The van der Waals surface area contributed by atoms with E-state index in [1.54, 1.807) is 0 Å². The van der Waals surface area contributed by atoms with Crippen LogP contribution in [0.4, 0.5) is 5.69 Å². The molecule has 0 atom stereocenters. The van der Waals surface area contributed by atoms with E-state index in [0.29, 0.717) is 0 Å². The number of nitrogens with one attached hydrogen (secondary N) is 1. The van der Waals surface area contributed by atoms with E-state index in [9.17, 15) is 0 Å². The number of anilines is 1. The second-order valence-electron chi connectivity index (χ2n) is 3.18. The summed E-state index contributed by atoms with van der Waals surface area (Å²) in [6.07, 6.45) is 2.17. The lowest BCUT2D eigenvalue weighted by Gasteiger charge is -2.07. The van der Waals surface area contributed by atoms with Crippen LogP contribution in [-0.4, -0.2) is 12.4 Å². The molecule has 0 aromatic heterocycles. The summed E-state index contributed by atoms with van der Waals surface area (Å²) >= 11 is 8.32. The molecule has 0 fully saturated rings. The van der Waals surface area contributed by atoms with E-state index in [1.165, 1.54) is 3.57 Å². The Bertz CT molecular complexity index is 376. The minimum absolute atomic E-state index is 0.750. The molecule has 1 aliphatic rings.